The third-order valence-corrected chi connectivity index (χ3v) is 4.09. The Kier molecular flexibility index (Phi) is 2.27. The fourth-order valence-corrected chi connectivity index (χ4v) is 3.58. The summed E-state index contributed by atoms with van der Waals surface area (Å²) in [6.07, 6.45) is 6.58. The molecule has 1 nitrogen and oxygen atoms in total. The molecule has 0 N–H and O–H groups in total. The van der Waals surface area contributed by atoms with Crippen LogP contribution in [0, 0.1) is 5.41 Å². The molecule has 1 unspecified atom stereocenters. The van der Waals surface area contributed by atoms with Crippen LogP contribution in [0.25, 0.3) is 0 Å². The average molecular weight is 276 g/mol. The van der Waals surface area contributed by atoms with Crippen molar-refractivity contribution in [2.45, 2.75) is 38.5 Å². The summed E-state index contributed by atoms with van der Waals surface area (Å²) in [6.45, 7) is 0. The molecule has 0 amide bonds. The van der Waals surface area contributed by atoms with Gasteiger partial charge in [-0.25, -0.2) is 0 Å². The SMILES string of the molecule is O=C1CCCC12CCCC2=CI. The lowest BCUT2D eigenvalue weighted by Gasteiger charge is -2.22. The van der Waals surface area contributed by atoms with Gasteiger partial charge in [-0.2, -0.15) is 0 Å². The number of carbonyl (C=O) groups excluding carboxylic acids is 1. The first-order valence-electron chi connectivity index (χ1n) is 4.63. The number of halogens is 1. The fourth-order valence-electron chi connectivity index (χ4n) is 2.67. The highest BCUT2D eigenvalue weighted by Gasteiger charge is 2.46. The Morgan fingerprint density at radius 3 is 2.50 bits per heavy atom. The number of allylic oxidation sites excluding steroid dienone is 1. The van der Waals surface area contributed by atoms with E-state index >= 15 is 0 Å². The summed E-state index contributed by atoms with van der Waals surface area (Å²) >= 11 is 2.28. The molecule has 12 heavy (non-hydrogen) atoms. The van der Waals surface area contributed by atoms with Gasteiger partial charge in [0.1, 0.15) is 5.78 Å². The number of Topliss-reactive ketones (excluding diaryl/α,β-unsaturated/α-hetero) is 1. The molecule has 0 bridgehead atoms. The van der Waals surface area contributed by atoms with E-state index in [2.05, 4.69) is 26.7 Å². The minimum atomic E-state index is 0.0290. The topological polar surface area (TPSA) is 17.1 Å². The monoisotopic (exact) mass is 276 g/mol. The Morgan fingerprint density at radius 1 is 1.25 bits per heavy atom. The molecular weight excluding hydrogens is 263 g/mol. The molecule has 1 spiro atoms. The molecule has 66 valence electrons. The normalized spacial score (nSPS) is 38.8. The van der Waals surface area contributed by atoms with Gasteiger partial charge in [-0.3, -0.25) is 4.79 Å². The highest BCUT2D eigenvalue weighted by molar-refractivity contribution is 14.1. The smallest absolute Gasteiger partial charge is 0.143 e. The second-order valence-electron chi connectivity index (χ2n) is 3.85. The van der Waals surface area contributed by atoms with E-state index in [0.717, 1.165) is 32.1 Å². The van der Waals surface area contributed by atoms with Crippen LogP contribution in [-0.4, -0.2) is 5.78 Å². The first-order valence-corrected chi connectivity index (χ1v) is 5.87. The predicted molar refractivity (Wildman–Crippen MR) is 57.2 cm³/mol. The van der Waals surface area contributed by atoms with Crippen molar-refractivity contribution in [3.8, 4) is 0 Å². The van der Waals surface area contributed by atoms with Crippen LogP contribution in [0.4, 0.5) is 0 Å². The van der Waals surface area contributed by atoms with E-state index < -0.39 is 0 Å². The van der Waals surface area contributed by atoms with Crippen molar-refractivity contribution in [3.63, 3.8) is 0 Å². The third kappa shape index (κ3) is 1.07. The molecule has 2 aliphatic rings. The standard InChI is InChI=1S/C10H13IO/c11-7-8-3-1-5-10(8)6-2-4-9(10)12/h7H,1-6H2. The molecule has 2 rings (SSSR count). The fraction of sp³-hybridized carbons (Fsp3) is 0.700. The van der Waals surface area contributed by atoms with E-state index in [1.807, 2.05) is 0 Å². The van der Waals surface area contributed by atoms with Gasteiger partial charge in [-0.15, -0.1) is 0 Å². The number of ketones is 1. The van der Waals surface area contributed by atoms with Gasteiger partial charge in [0.05, 0.1) is 5.41 Å². The van der Waals surface area contributed by atoms with Gasteiger partial charge in [0.25, 0.3) is 0 Å². The van der Waals surface area contributed by atoms with Crippen LogP contribution in [0.5, 0.6) is 0 Å². The quantitative estimate of drug-likeness (QED) is 0.621. The Balaban J connectivity index is 2.35. The lowest BCUT2D eigenvalue weighted by Crippen LogP contribution is -2.23. The van der Waals surface area contributed by atoms with Gasteiger partial charge in [0, 0.05) is 6.42 Å². The van der Waals surface area contributed by atoms with E-state index in [9.17, 15) is 4.79 Å². The predicted octanol–water partition coefficient (Wildman–Crippen LogP) is 3.23. The summed E-state index contributed by atoms with van der Waals surface area (Å²) in [5, 5.41) is 0. The number of rotatable bonds is 0. The highest BCUT2D eigenvalue weighted by atomic mass is 127. The lowest BCUT2D eigenvalue weighted by atomic mass is 9.80. The Hall–Kier alpha value is 0.140. The summed E-state index contributed by atoms with van der Waals surface area (Å²) in [5.74, 6) is 0.517. The number of hydrogen-bond donors (Lipinski definition) is 0. The zero-order valence-electron chi connectivity index (χ0n) is 7.11. The zero-order chi connectivity index (χ0) is 8.60. The van der Waals surface area contributed by atoms with Crippen LogP contribution >= 0.6 is 22.6 Å². The van der Waals surface area contributed by atoms with Gasteiger partial charge in [0.2, 0.25) is 0 Å². The molecule has 2 aliphatic carbocycles. The minimum Gasteiger partial charge on any atom is -0.299 e. The number of carbonyl (C=O) groups is 1. The largest absolute Gasteiger partial charge is 0.299 e. The third-order valence-electron chi connectivity index (χ3n) is 3.34. The van der Waals surface area contributed by atoms with Crippen molar-refractivity contribution in [1.29, 1.82) is 0 Å². The van der Waals surface area contributed by atoms with Gasteiger partial charge in [-0.1, -0.05) is 28.2 Å². The maximum atomic E-state index is 11.7. The summed E-state index contributed by atoms with van der Waals surface area (Å²) in [7, 11) is 0. The summed E-state index contributed by atoms with van der Waals surface area (Å²) < 4.78 is 2.15. The molecule has 0 radical (unpaired) electrons. The van der Waals surface area contributed by atoms with Crippen LogP contribution in [0.1, 0.15) is 38.5 Å². The van der Waals surface area contributed by atoms with Gasteiger partial charge < -0.3 is 0 Å². The molecule has 0 aromatic rings. The highest BCUT2D eigenvalue weighted by Crippen LogP contribution is 2.51. The Bertz CT molecular complexity index is 240. The average Bonchev–Trinajstić information content (AvgIpc) is 2.62. The molecule has 2 saturated carbocycles. The van der Waals surface area contributed by atoms with Crippen LogP contribution in [-0.2, 0) is 4.79 Å². The van der Waals surface area contributed by atoms with E-state index in [0.29, 0.717) is 5.78 Å². The zero-order valence-corrected chi connectivity index (χ0v) is 9.26. The lowest BCUT2D eigenvalue weighted by molar-refractivity contribution is -0.123. The number of hydrogen-bond acceptors (Lipinski definition) is 1. The molecule has 2 heteroatoms. The first kappa shape index (κ1) is 8.73. The van der Waals surface area contributed by atoms with E-state index in [1.165, 1.54) is 12.0 Å². The molecule has 1 atom stereocenters. The van der Waals surface area contributed by atoms with Gasteiger partial charge >= 0.3 is 0 Å². The maximum absolute atomic E-state index is 11.7. The van der Waals surface area contributed by atoms with E-state index in [-0.39, 0.29) is 5.41 Å². The minimum absolute atomic E-state index is 0.0290. The van der Waals surface area contributed by atoms with Crippen molar-refractivity contribution in [2.24, 2.45) is 5.41 Å². The first-order chi connectivity index (χ1) is 5.79. The van der Waals surface area contributed by atoms with Crippen LogP contribution in [0.2, 0.25) is 0 Å². The molecular formula is C10H13IO. The van der Waals surface area contributed by atoms with Crippen LogP contribution in [0.3, 0.4) is 0 Å². The van der Waals surface area contributed by atoms with Crippen molar-refractivity contribution in [2.75, 3.05) is 0 Å². The van der Waals surface area contributed by atoms with E-state index in [1.54, 1.807) is 0 Å². The molecule has 0 aromatic carbocycles. The van der Waals surface area contributed by atoms with Crippen LogP contribution in [0.15, 0.2) is 9.66 Å². The second-order valence-corrected chi connectivity index (χ2v) is 4.47. The molecule has 0 aromatic heterocycles. The second kappa shape index (κ2) is 3.13. The van der Waals surface area contributed by atoms with Gasteiger partial charge in [0.15, 0.2) is 0 Å². The Labute approximate surface area is 86.7 Å². The molecule has 2 fully saturated rings. The van der Waals surface area contributed by atoms with Crippen molar-refractivity contribution in [3.05, 3.63) is 9.66 Å². The molecule has 0 aliphatic heterocycles. The van der Waals surface area contributed by atoms with Crippen LogP contribution < -0.4 is 0 Å². The molecule has 0 saturated heterocycles. The summed E-state index contributed by atoms with van der Waals surface area (Å²) in [6, 6.07) is 0. The molecule has 0 heterocycles. The van der Waals surface area contributed by atoms with Crippen molar-refractivity contribution >= 4 is 28.4 Å². The van der Waals surface area contributed by atoms with Crippen molar-refractivity contribution < 1.29 is 4.79 Å². The van der Waals surface area contributed by atoms with Gasteiger partial charge in [-0.05, 0) is 36.2 Å². The summed E-state index contributed by atoms with van der Waals surface area (Å²) in [5.41, 5.74) is 1.45. The summed E-state index contributed by atoms with van der Waals surface area (Å²) in [4.78, 5) is 11.7. The van der Waals surface area contributed by atoms with E-state index in [4.69, 9.17) is 0 Å². The maximum Gasteiger partial charge on any atom is 0.143 e. The Morgan fingerprint density at radius 2 is 1.92 bits per heavy atom. The van der Waals surface area contributed by atoms with Crippen molar-refractivity contribution in [1.82, 2.24) is 0 Å².